The van der Waals surface area contributed by atoms with Gasteiger partial charge < -0.3 is 19.3 Å². The fraction of sp³-hybridized carbons (Fsp3) is 0.714. The van der Waals surface area contributed by atoms with Crippen LogP contribution in [-0.2, 0) is 27.8 Å². The summed E-state index contributed by atoms with van der Waals surface area (Å²) in [7, 11) is -6.56. The summed E-state index contributed by atoms with van der Waals surface area (Å²) in [5.41, 5.74) is 0. The second kappa shape index (κ2) is 7.61. The van der Waals surface area contributed by atoms with E-state index in [-0.39, 0.29) is 26.1 Å². The minimum atomic E-state index is -3.53. The van der Waals surface area contributed by atoms with Crippen LogP contribution < -0.4 is 0 Å². The van der Waals surface area contributed by atoms with Gasteiger partial charge in [0.15, 0.2) is 0 Å². The van der Waals surface area contributed by atoms with E-state index in [0.29, 0.717) is 0 Å². The highest BCUT2D eigenvalue weighted by Gasteiger charge is 2.26. The van der Waals surface area contributed by atoms with Gasteiger partial charge in [0.25, 0.3) is 14.8 Å². The molecule has 0 radical (unpaired) electrons. The van der Waals surface area contributed by atoms with E-state index in [0.717, 1.165) is 6.66 Å². The van der Waals surface area contributed by atoms with Gasteiger partial charge in [-0.2, -0.15) is 0 Å². The zero-order valence-corrected chi connectivity index (χ0v) is 11.0. The Morgan fingerprint density at radius 2 is 1.65 bits per heavy atom. The number of hydrogen-bond donors (Lipinski definition) is 2. The third-order valence-corrected chi connectivity index (χ3v) is 6.08. The summed E-state index contributed by atoms with van der Waals surface area (Å²) in [5, 5.41) is 16.6. The summed E-state index contributed by atoms with van der Waals surface area (Å²) in [6.45, 7) is 0.409. The highest BCUT2D eigenvalue weighted by molar-refractivity contribution is 8.23. The van der Waals surface area contributed by atoms with Crippen molar-refractivity contribution < 1.29 is 38.0 Å². The van der Waals surface area contributed by atoms with Crippen LogP contribution in [0.15, 0.2) is 0 Å². The summed E-state index contributed by atoms with van der Waals surface area (Å²) in [6.07, 6.45) is -0.715. The number of carboxylic acid groups (broad SMARTS) is 2. The summed E-state index contributed by atoms with van der Waals surface area (Å²) in [6, 6.07) is 0. The molecule has 0 aliphatic heterocycles. The lowest BCUT2D eigenvalue weighted by Gasteiger charge is -2.12. The van der Waals surface area contributed by atoms with Crippen LogP contribution in [0.25, 0.3) is 0 Å². The first kappa shape index (κ1) is 16.3. The van der Waals surface area contributed by atoms with Gasteiger partial charge in [-0.25, -0.2) is 0 Å². The molecular weight excluding hydrogens is 274 g/mol. The van der Waals surface area contributed by atoms with Crippen molar-refractivity contribution in [2.75, 3.05) is 19.9 Å². The van der Waals surface area contributed by atoms with Gasteiger partial charge in [0, 0.05) is 6.66 Å². The lowest BCUT2D eigenvalue weighted by molar-refractivity contribution is -0.138. The molecule has 17 heavy (non-hydrogen) atoms. The Bertz CT molecular complexity index is 352. The molecule has 0 saturated carbocycles. The van der Waals surface area contributed by atoms with Gasteiger partial charge in [0.05, 0.1) is 26.1 Å². The standard InChI is InChI=1S/C7H14O8P2/c1-17(13,15-5-3-7(10)11)16(12)14-4-2-6(8)9/h16H,2-5H2,1H3,(H,8,9)(H,10,11). The SMILES string of the molecule is CP(=O)(OCCC(=O)O)[PH](=O)OCCC(=O)O. The first-order chi connectivity index (χ1) is 7.75. The molecule has 0 saturated heterocycles. The van der Waals surface area contributed by atoms with Crippen LogP contribution in [0.3, 0.4) is 0 Å². The molecule has 0 fully saturated rings. The summed E-state index contributed by atoms with van der Waals surface area (Å²) < 4.78 is 32.3. The summed E-state index contributed by atoms with van der Waals surface area (Å²) >= 11 is 0. The van der Waals surface area contributed by atoms with E-state index in [1.54, 1.807) is 0 Å². The minimum absolute atomic E-state index is 0.326. The lowest BCUT2D eigenvalue weighted by atomic mass is 10.5. The van der Waals surface area contributed by atoms with Gasteiger partial charge in [0.2, 0.25) is 0 Å². The molecule has 8 nitrogen and oxygen atoms in total. The van der Waals surface area contributed by atoms with E-state index in [4.69, 9.17) is 14.7 Å². The Morgan fingerprint density at radius 3 is 2.12 bits per heavy atom. The number of carboxylic acids is 2. The molecule has 2 N–H and O–H groups in total. The highest BCUT2D eigenvalue weighted by Crippen LogP contribution is 2.67. The molecule has 0 aliphatic rings. The molecule has 0 spiro atoms. The van der Waals surface area contributed by atoms with Crippen molar-refractivity contribution >= 4 is 26.7 Å². The van der Waals surface area contributed by atoms with E-state index in [2.05, 4.69) is 4.52 Å². The molecule has 10 heteroatoms. The van der Waals surface area contributed by atoms with Crippen LogP contribution in [0.2, 0.25) is 0 Å². The Hall–Kier alpha value is -0.680. The van der Waals surface area contributed by atoms with Gasteiger partial charge in [-0.15, -0.1) is 0 Å². The quantitative estimate of drug-likeness (QED) is 0.607. The zero-order valence-electron chi connectivity index (χ0n) is 9.12. The molecule has 0 aromatic carbocycles. The molecular formula is C7H14O8P2. The molecule has 0 heterocycles. The van der Waals surface area contributed by atoms with Crippen molar-refractivity contribution in [2.45, 2.75) is 12.8 Å². The van der Waals surface area contributed by atoms with Crippen molar-refractivity contribution in [2.24, 2.45) is 0 Å². The van der Waals surface area contributed by atoms with Gasteiger partial charge in [0.1, 0.15) is 0 Å². The summed E-state index contributed by atoms with van der Waals surface area (Å²) in [5.74, 6) is -2.26. The fourth-order valence-corrected chi connectivity index (χ4v) is 3.33. The average molecular weight is 288 g/mol. The molecule has 100 valence electrons. The zero-order chi connectivity index (χ0) is 13.5. The molecule has 0 amide bonds. The maximum absolute atomic E-state index is 11.6. The van der Waals surface area contributed by atoms with Gasteiger partial charge in [-0.1, -0.05) is 0 Å². The van der Waals surface area contributed by atoms with Crippen LogP contribution in [-0.4, -0.2) is 42.0 Å². The number of rotatable bonds is 9. The van der Waals surface area contributed by atoms with Gasteiger partial charge in [-0.05, 0) is 0 Å². The van der Waals surface area contributed by atoms with Crippen LogP contribution in [0.1, 0.15) is 12.8 Å². The molecule has 0 bridgehead atoms. The average Bonchev–Trinajstić information content (AvgIpc) is 2.15. The van der Waals surface area contributed by atoms with Crippen LogP contribution >= 0.6 is 14.8 Å². The van der Waals surface area contributed by atoms with E-state index in [9.17, 15) is 18.7 Å². The van der Waals surface area contributed by atoms with Gasteiger partial charge in [-0.3, -0.25) is 18.7 Å². The van der Waals surface area contributed by atoms with E-state index in [1.165, 1.54) is 0 Å². The summed E-state index contributed by atoms with van der Waals surface area (Å²) in [4.78, 5) is 20.3. The molecule has 0 aromatic heterocycles. The maximum atomic E-state index is 11.6. The third kappa shape index (κ3) is 8.10. The Morgan fingerprint density at radius 1 is 1.18 bits per heavy atom. The largest absolute Gasteiger partial charge is 0.481 e. The smallest absolute Gasteiger partial charge is 0.305 e. The third-order valence-electron chi connectivity index (χ3n) is 1.53. The van der Waals surface area contributed by atoms with Gasteiger partial charge >= 0.3 is 11.9 Å². The second-order valence-corrected chi connectivity index (χ2v) is 9.38. The van der Waals surface area contributed by atoms with E-state index >= 15 is 0 Å². The van der Waals surface area contributed by atoms with Crippen LogP contribution in [0.5, 0.6) is 0 Å². The van der Waals surface area contributed by atoms with Crippen molar-refractivity contribution in [3.05, 3.63) is 0 Å². The Kier molecular flexibility index (Phi) is 7.30. The Balaban J connectivity index is 4.03. The Labute approximate surface area is 98.1 Å². The molecule has 2 unspecified atom stereocenters. The first-order valence-electron chi connectivity index (χ1n) is 4.58. The topological polar surface area (TPSA) is 127 Å². The lowest BCUT2D eigenvalue weighted by Crippen LogP contribution is -2.02. The fourth-order valence-electron chi connectivity index (χ4n) is 0.703. The second-order valence-electron chi connectivity index (χ2n) is 3.08. The minimum Gasteiger partial charge on any atom is -0.481 e. The molecule has 0 rings (SSSR count). The van der Waals surface area contributed by atoms with Crippen LogP contribution in [0, 0.1) is 0 Å². The van der Waals surface area contributed by atoms with Crippen molar-refractivity contribution in [1.82, 2.24) is 0 Å². The normalized spacial score (nSPS) is 16.1. The van der Waals surface area contributed by atoms with Crippen LogP contribution in [0.4, 0.5) is 0 Å². The van der Waals surface area contributed by atoms with E-state index < -0.39 is 26.7 Å². The monoisotopic (exact) mass is 288 g/mol. The maximum Gasteiger partial charge on any atom is 0.305 e. The van der Waals surface area contributed by atoms with Crippen molar-refractivity contribution in [3.63, 3.8) is 0 Å². The number of aliphatic carboxylic acids is 2. The number of carbonyl (C=O) groups is 2. The molecule has 0 aliphatic carbocycles. The predicted octanol–water partition coefficient (Wildman–Crippen LogP) is 1.27. The predicted molar refractivity (Wildman–Crippen MR) is 58.9 cm³/mol. The van der Waals surface area contributed by atoms with E-state index in [1.807, 2.05) is 0 Å². The number of hydrogen-bond acceptors (Lipinski definition) is 6. The van der Waals surface area contributed by atoms with Crippen molar-refractivity contribution in [3.8, 4) is 0 Å². The highest BCUT2D eigenvalue weighted by atomic mass is 32.1. The molecule has 2 atom stereocenters. The first-order valence-corrected chi connectivity index (χ1v) is 8.81. The molecule has 0 aromatic rings. The van der Waals surface area contributed by atoms with Crippen molar-refractivity contribution in [1.29, 1.82) is 0 Å².